The molecule has 0 bridgehead atoms. The third kappa shape index (κ3) is 4.71. The highest BCUT2D eigenvalue weighted by atomic mass is 15.2. The number of hydrogen-bond acceptors (Lipinski definition) is 3. The topological polar surface area (TPSA) is 18.5 Å². The van der Waals surface area contributed by atoms with Gasteiger partial charge in [-0.1, -0.05) is 19.8 Å². The number of nitrogens with zero attached hydrogens (tertiary/aromatic N) is 2. The molecule has 1 aliphatic heterocycles. The highest BCUT2D eigenvalue weighted by Crippen LogP contribution is 2.25. The largest absolute Gasteiger partial charge is 0.314 e. The van der Waals surface area contributed by atoms with E-state index in [1.54, 1.807) is 0 Å². The second kappa shape index (κ2) is 8.35. The van der Waals surface area contributed by atoms with E-state index in [0.717, 1.165) is 18.0 Å². The molecule has 1 heterocycles. The van der Waals surface area contributed by atoms with Crippen LogP contribution in [-0.2, 0) is 0 Å². The molecule has 2 fully saturated rings. The van der Waals surface area contributed by atoms with Crippen LogP contribution in [-0.4, -0.2) is 62.2 Å². The molecule has 3 atom stereocenters. The van der Waals surface area contributed by atoms with Crippen LogP contribution in [0.25, 0.3) is 0 Å². The van der Waals surface area contributed by atoms with Crippen molar-refractivity contribution in [1.82, 2.24) is 15.1 Å². The summed E-state index contributed by atoms with van der Waals surface area (Å²) in [5, 5.41) is 3.79. The maximum absolute atomic E-state index is 3.79. The monoisotopic (exact) mass is 281 g/mol. The van der Waals surface area contributed by atoms with Crippen LogP contribution in [0, 0.1) is 5.92 Å². The average Bonchev–Trinajstić information content (AvgIpc) is 2.83. The molecule has 0 spiro atoms. The van der Waals surface area contributed by atoms with Crippen molar-refractivity contribution >= 4 is 0 Å². The lowest BCUT2D eigenvalue weighted by atomic mass is 9.84. The summed E-state index contributed by atoms with van der Waals surface area (Å²) in [6, 6.07) is 1.57. The van der Waals surface area contributed by atoms with Crippen molar-refractivity contribution in [2.45, 2.75) is 64.0 Å². The summed E-state index contributed by atoms with van der Waals surface area (Å²) in [7, 11) is 4.62. The van der Waals surface area contributed by atoms with Gasteiger partial charge in [0, 0.05) is 25.2 Å². The van der Waals surface area contributed by atoms with E-state index in [1.165, 1.54) is 71.1 Å². The molecule has 2 aliphatic rings. The van der Waals surface area contributed by atoms with Crippen LogP contribution in [0.3, 0.4) is 0 Å². The van der Waals surface area contributed by atoms with E-state index in [2.05, 4.69) is 36.1 Å². The molecule has 2 rings (SSSR count). The molecule has 0 radical (unpaired) electrons. The molecule has 0 aromatic carbocycles. The van der Waals surface area contributed by atoms with Crippen molar-refractivity contribution in [2.75, 3.05) is 40.3 Å². The number of rotatable bonds is 7. The fourth-order valence-electron chi connectivity index (χ4n) is 4.07. The van der Waals surface area contributed by atoms with E-state index in [0.29, 0.717) is 0 Å². The predicted molar refractivity (Wildman–Crippen MR) is 87.2 cm³/mol. The Kier molecular flexibility index (Phi) is 6.79. The first-order valence-electron chi connectivity index (χ1n) is 8.83. The Morgan fingerprint density at radius 3 is 2.60 bits per heavy atom. The highest BCUT2D eigenvalue weighted by molar-refractivity contribution is 4.85. The standard InChI is InChI=1S/C17H35N3/c1-4-11-18-17-10-6-5-8-15(17)13-19(2)14-16-9-7-12-20(16)3/h15-18H,4-14H2,1-3H3. The van der Waals surface area contributed by atoms with Crippen LogP contribution in [0.15, 0.2) is 0 Å². The quantitative estimate of drug-likeness (QED) is 0.774. The van der Waals surface area contributed by atoms with Crippen LogP contribution in [0.4, 0.5) is 0 Å². The molecule has 1 saturated carbocycles. The van der Waals surface area contributed by atoms with E-state index < -0.39 is 0 Å². The zero-order valence-electron chi connectivity index (χ0n) is 13.9. The van der Waals surface area contributed by atoms with E-state index in [-0.39, 0.29) is 0 Å². The number of likely N-dealkylation sites (tertiary alicyclic amines) is 1. The van der Waals surface area contributed by atoms with Crippen molar-refractivity contribution in [3.05, 3.63) is 0 Å². The Hall–Kier alpha value is -0.120. The SMILES string of the molecule is CCCNC1CCCCC1CN(C)CC1CCCN1C. The lowest BCUT2D eigenvalue weighted by Gasteiger charge is -2.36. The van der Waals surface area contributed by atoms with Gasteiger partial charge in [-0.2, -0.15) is 0 Å². The van der Waals surface area contributed by atoms with Gasteiger partial charge in [0.1, 0.15) is 0 Å². The number of hydrogen-bond donors (Lipinski definition) is 1. The Morgan fingerprint density at radius 2 is 1.90 bits per heavy atom. The molecule has 1 saturated heterocycles. The summed E-state index contributed by atoms with van der Waals surface area (Å²) in [5.41, 5.74) is 0. The van der Waals surface area contributed by atoms with Gasteiger partial charge >= 0.3 is 0 Å². The van der Waals surface area contributed by atoms with Crippen molar-refractivity contribution in [3.8, 4) is 0 Å². The van der Waals surface area contributed by atoms with Crippen molar-refractivity contribution in [3.63, 3.8) is 0 Å². The van der Waals surface area contributed by atoms with Gasteiger partial charge < -0.3 is 15.1 Å². The summed E-state index contributed by atoms with van der Waals surface area (Å²) >= 11 is 0. The third-order valence-electron chi connectivity index (χ3n) is 5.31. The molecule has 0 aromatic heterocycles. The summed E-state index contributed by atoms with van der Waals surface area (Å²) in [5.74, 6) is 0.868. The normalized spacial score (nSPS) is 32.1. The minimum atomic E-state index is 0.771. The zero-order chi connectivity index (χ0) is 14.4. The summed E-state index contributed by atoms with van der Waals surface area (Å²) in [6.07, 6.45) is 9.71. The van der Waals surface area contributed by atoms with E-state index in [4.69, 9.17) is 0 Å². The van der Waals surface area contributed by atoms with Crippen molar-refractivity contribution < 1.29 is 0 Å². The fraction of sp³-hybridized carbons (Fsp3) is 1.00. The van der Waals surface area contributed by atoms with Gasteiger partial charge in [0.05, 0.1) is 0 Å². The molecule has 1 aliphatic carbocycles. The first kappa shape index (κ1) is 16.3. The minimum Gasteiger partial charge on any atom is -0.314 e. The predicted octanol–water partition coefficient (Wildman–Crippen LogP) is 2.57. The van der Waals surface area contributed by atoms with Gasteiger partial charge in [0.2, 0.25) is 0 Å². The summed E-state index contributed by atoms with van der Waals surface area (Å²) in [6.45, 7) is 7.30. The van der Waals surface area contributed by atoms with Crippen LogP contribution < -0.4 is 5.32 Å². The smallest absolute Gasteiger partial charge is 0.0220 e. The maximum atomic E-state index is 3.79. The number of likely N-dealkylation sites (N-methyl/N-ethyl adjacent to an activating group) is 2. The lowest BCUT2D eigenvalue weighted by Crippen LogP contribution is -2.46. The van der Waals surface area contributed by atoms with Crippen LogP contribution >= 0.6 is 0 Å². The highest BCUT2D eigenvalue weighted by Gasteiger charge is 2.27. The zero-order valence-corrected chi connectivity index (χ0v) is 13.9. The lowest BCUT2D eigenvalue weighted by molar-refractivity contribution is 0.160. The molecule has 3 unspecified atom stereocenters. The molecule has 118 valence electrons. The Bertz CT molecular complexity index is 269. The average molecular weight is 281 g/mol. The Labute approximate surface area is 126 Å². The summed E-state index contributed by atoms with van der Waals surface area (Å²) < 4.78 is 0. The summed E-state index contributed by atoms with van der Waals surface area (Å²) in [4.78, 5) is 5.15. The molecular weight excluding hydrogens is 246 g/mol. The second-order valence-electron chi connectivity index (χ2n) is 7.10. The molecular formula is C17H35N3. The van der Waals surface area contributed by atoms with E-state index in [9.17, 15) is 0 Å². The van der Waals surface area contributed by atoms with Crippen LogP contribution in [0.2, 0.25) is 0 Å². The van der Waals surface area contributed by atoms with Gasteiger partial charge in [0.15, 0.2) is 0 Å². The fourth-order valence-corrected chi connectivity index (χ4v) is 4.07. The van der Waals surface area contributed by atoms with E-state index in [1.807, 2.05) is 0 Å². The van der Waals surface area contributed by atoms with E-state index >= 15 is 0 Å². The first-order valence-corrected chi connectivity index (χ1v) is 8.83. The van der Waals surface area contributed by atoms with Gasteiger partial charge in [0.25, 0.3) is 0 Å². The van der Waals surface area contributed by atoms with Crippen LogP contribution in [0.5, 0.6) is 0 Å². The molecule has 3 heteroatoms. The Balaban J connectivity index is 1.76. The maximum Gasteiger partial charge on any atom is 0.0220 e. The van der Waals surface area contributed by atoms with Gasteiger partial charge in [-0.15, -0.1) is 0 Å². The van der Waals surface area contributed by atoms with Crippen molar-refractivity contribution in [2.24, 2.45) is 5.92 Å². The van der Waals surface area contributed by atoms with Crippen molar-refractivity contribution in [1.29, 1.82) is 0 Å². The van der Waals surface area contributed by atoms with Crippen LogP contribution in [0.1, 0.15) is 51.9 Å². The number of nitrogens with one attached hydrogen (secondary N) is 1. The van der Waals surface area contributed by atoms with Gasteiger partial charge in [-0.3, -0.25) is 0 Å². The molecule has 1 N–H and O–H groups in total. The van der Waals surface area contributed by atoms with Gasteiger partial charge in [-0.25, -0.2) is 0 Å². The molecule has 3 nitrogen and oxygen atoms in total. The molecule has 0 amide bonds. The second-order valence-corrected chi connectivity index (χ2v) is 7.10. The van der Waals surface area contributed by atoms with Gasteiger partial charge in [-0.05, 0) is 65.2 Å². The third-order valence-corrected chi connectivity index (χ3v) is 5.31. The minimum absolute atomic E-state index is 0.771. The molecule has 20 heavy (non-hydrogen) atoms. The first-order chi connectivity index (χ1) is 9.70. The molecule has 0 aromatic rings. The Morgan fingerprint density at radius 1 is 1.10 bits per heavy atom.